The van der Waals surface area contributed by atoms with E-state index in [0.29, 0.717) is 24.9 Å². The first-order valence-electron chi connectivity index (χ1n) is 9.20. The van der Waals surface area contributed by atoms with Crippen LogP contribution < -0.4 is 9.64 Å². The summed E-state index contributed by atoms with van der Waals surface area (Å²) in [6.07, 6.45) is 5.49. The molecule has 0 radical (unpaired) electrons. The van der Waals surface area contributed by atoms with Gasteiger partial charge >= 0.3 is 0 Å². The Morgan fingerprint density at radius 1 is 1.35 bits per heavy atom. The highest BCUT2D eigenvalue weighted by Gasteiger charge is 2.46. The first kappa shape index (κ1) is 17.4. The first-order valence-corrected chi connectivity index (χ1v) is 9.20. The molecule has 0 atom stereocenters. The number of ether oxygens (including phenoxy) is 1. The van der Waals surface area contributed by atoms with Gasteiger partial charge in [0, 0.05) is 12.1 Å². The Bertz CT molecular complexity index is 713. The smallest absolute Gasteiger partial charge is 0.282 e. The molecule has 0 spiro atoms. The SMILES string of the molecule is CC1(C)CCCN1C(=O)c1cnc(N2CC(F)(F)C2)c(OCC2CC2)n1. The summed E-state index contributed by atoms with van der Waals surface area (Å²) in [5.74, 6) is -1.91. The number of hydrogen-bond donors (Lipinski definition) is 0. The highest BCUT2D eigenvalue weighted by molar-refractivity contribution is 5.93. The van der Waals surface area contributed by atoms with E-state index in [2.05, 4.69) is 9.97 Å². The number of hydrogen-bond acceptors (Lipinski definition) is 5. The summed E-state index contributed by atoms with van der Waals surface area (Å²) < 4.78 is 32.2. The highest BCUT2D eigenvalue weighted by Crippen LogP contribution is 2.37. The second-order valence-corrected chi connectivity index (χ2v) is 8.22. The predicted octanol–water partition coefficient (Wildman–Crippen LogP) is 2.74. The summed E-state index contributed by atoms with van der Waals surface area (Å²) >= 11 is 0. The van der Waals surface area contributed by atoms with Crippen molar-refractivity contribution in [2.24, 2.45) is 5.92 Å². The molecule has 0 unspecified atom stereocenters. The lowest BCUT2D eigenvalue weighted by Gasteiger charge is -2.39. The monoisotopic (exact) mass is 366 g/mol. The van der Waals surface area contributed by atoms with Crippen LogP contribution in [0.15, 0.2) is 6.20 Å². The third-order valence-corrected chi connectivity index (χ3v) is 5.38. The van der Waals surface area contributed by atoms with Crippen molar-refractivity contribution in [2.75, 3.05) is 31.1 Å². The summed E-state index contributed by atoms with van der Waals surface area (Å²) in [6.45, 7) is 4.45. The number of amides is 1. The molecule has 1 amide bonds. The maximum absolute atomic E-state index is 13.2. The molecular weight excluding hydrogens is 342 g/mol. The van der Waals surface area contributed by atoms with Crippen molar-refractivity contribution in [3.63, 3.8) is 0 Å². The van der Waals surface area contributed by atoms with E-state index in [0.717, 1.165) is 25.7 Å². The summed E-state index contributed by atoms with van der Waals surface area (Å²) in [6, 6.07) is 0. The average molecular weight is 366 g/mol. The minimum absolute atomic E-state index is 0.184. The number of anilines is 1. The van der Waals surface area contributed by atoms with Crippen molar-refractivity contribution in [3.05, 3.63) is 11.9 Å². The largest absolute Gasteiger partial charge is 0.475 e. The zero-order chi connectivity index (χ0) is 18.5. The van der Waals surface area contributed by atoms with Gasteiger partial charge in [0.05, 0.1) is 25.9 Å². The third kappa shape index (κ3) is 3.33. The van der Waals surface area contributed by atoms with E-state index < -0.39 is 19.0 Å². The molecule has 3 aliphatic rings. The molecular formula is C18H24F2N4O2. The van der Waals surface area contributed by atoms with Crippen LogP contribution in [0.4, 0.5) is 14.6 Å². The van der Waals surface area contributed by atoms with Crippen LogP contribution in [0.2, 0.25) is 0 Å². The number of halogens is 2. The second kappa shape index (κ2) is 6.03. The van der Waals surface area contributed by atoms with Crippen molar-refractivity contribution >= 4 is 11.7 Å². The summed E-state index contributed by atoms with van der Waals surface area (Å²) in [5, 5.41) is 0. The van der Waals surface area contributed by atoms with Gasteiger partial charge in [-0.1, -0.05) is 0 Å². The lowest BCUT2D eigenvalue weighted by molar-refractivity contribution is -0.0270. The van der Waals surface area contributed by atoms with Crippen LogP contribution >= 0.6 is 0 Å². The molecule has 6 nitrogen and oxygen atoms in total. The molecule has 0 bridgehead atoms. The zero-order valence-corrected chi connectivity index (χ0v) is 15.2. The van der Waals surface area contributed by atoms with Crippen LogP contribution in [0.3, 0.4) is 0 Å². The fraction of sp³-hybridized carbons (Fsp3) is 0.722. The summed E-state index contributed by atoms with van der Waals surface area (Å²) in [7, 11) is 0. The van der Waals surface area contributed by atoms with E-state index in [1.165, 1.54) is 11.1 Å². The number of aromatic nitrogens is 2. The Balaban J connectivity index is 1.57. The molecule has 142 valence electrons. The van der Waals surface area contributed by atoms with E-state index in [1.807, 2.05) is 13.8 Å². The molecule has 2 saturated heterocycles. The van der Waals surface area contributed by atoms with Gasteiger partial charge in [-0.25, -0.2) is 18.7 Å². The second-order valence-electron chi connectivity index (χ2n) is 8.22. The van der Waals surface area contributed by atoms with Crippen molar-refractivity contribution in [1.82, 2.24) is 14.9 Å². The van der Waals surface area contributed by atoms with Gasteiger partial charge < -0.3 is 14.5 Å². The third-order valence-electron chi connectivity index (χ3n) is 5.38. The molecule has 4 rings (SSSR count). The molecule has 26 heavy (non-hydrogen) atoms. The number of rotatable bonds is 5. The fourth-order valence-corrected chi connectivity index (χ4v) is 3.55. The molecule has 1 aliphatic carbocycles. The Kier molecular flexibility index (Phi) is 4.04. The topological polar surface area (TPSA) is 58.6 Å². The lowest BCUT2D eigenvalue weighted by Crippen LogP contribution is -2.56. The molecule has 1 saturated carbocycles. The van der Waals surface area contributed by atoms with Crippen LogP contribution in [0, 0.1) is 5.92 Å². The molecule has 3 heterocycles. The summed E-state index contributed by atoms with van der Waals surface area (Å²) in [4.78, 5) is 24.8. The predicted molar refractivity (Wildman–Crippen MR) is 91.8 cm³/mol. The Hall–Kier alpha value is -1.99. The maximum Gasteiger partial charge on any atom is 0.282 e. The standard InChI is InChI=1S/C18H24F2N4O2/c1-17(2)6-3-7-24(17)16(25)13-8-21-14(23-10-18(19,20)11-23)15(22-13)26-9-12-4-5-12/h8,12H,3-7,9-11H2,1-2H3. The van der Waals surface area contributed by atoms with E-state index in [9.17, 15) is 13.6 Å². The van der Waals surface area contributed by atoms with Crippen molar-refractivity contribution < 1.29 is 18.3 Å². The molecule has 1 aromatic rings. The van der Waals surface area contributed by atoms with Crippen molar-refractivity contribution in [1.29, 1.82) is 0 Å². The number of carbonyl (C=O) groups excluding carboxylic acids is 1. The van der Waals surface area contributed by atoms with E-state index in [4.69, 9.17) is 4.74 Å². The number of likely N-dealkylation sites (tertiary alicyclic amines) is 1. The minimum Gasteiger partial charge on any atom is -0.475 e. The van der Waals surface area contributed by atoms with Gasteiger partial charge in [-0.15, -0.1) is 0 Å². The van der Waals surface area contributed by atoms with Crippen LogP contribution in [0.25, 0.3) is 0 Å². The van der Waals surface area contributed by atoms with E-state index >= 15 is 0 Å². The van der Waals surface area contributed by atoms with Crippen LogP contribution in [-0.4, -0.2) is 58.5 Å². The highest BCUT2D eigenvalue weighted by atomic mass is 19.3. The number of nitrogens with zero attached hydrogens (tertiary/aromatic N) is 4. The van der Waals surface area contributed by atoms with Gasteiger partial charge in [0.15, 0.2) is 11.5 Å². The Morgan fingerprint density at radius 3 is 2.65 bits per heavy atom. The molecule has 8 heteroatoms. The quantitative estimate of drug-likeness (QED) is 0.802. The van der Waals surface area contributed by atoms with Gasteiger partial charge in [-0.3, -0.25) is 4.79 Å². The normalized spacial score (nSPS) is 23.7. The molecule has 0 N–H and O–H groups in total. The van der Waals surface area contributed by atoms with Crippen molar-refractivity contribution in [2.45, 2.75) is 51.0 Å². The molecule has 3 fully saturated rings. The number of carbonyl (C=O) groups is 1. The van der Waals surface area contributed by atoms with Gasteiger partial charge in [0.2, 0.25) is 0 Å². The molecule has 2 aliphatic heterocycles. The first-order chi connectivity index (χ1) is 12.3. The number of alkyl halides is 2. The van der Waals surface area contributed by atoms with E-state index in [1.54, 1.807) is 4.90 Å². The van der Waals surface area contributed by atoms with Gasteiger partial charge in [-0.05, 0) is 45.4 Å². The minimum atomic E-state index is -2.70. The van der Waals surface area contributed by atoms with Crippen LogP contribution in [0.5, 0.6) is 5.88 Å². The van der Waals surface area contributed by atoms with Crippen LogP contribution in [-0.2, 0) is 0 Å². The van der Waals surface area contributed by atoms with E-state index in [-0.39, 0.29) is 23.0 Å². The lowest BCUT2D eigenvalue weighted by atomic mass is 10.0. The Morgan fingerprint density at radius 2 is 2.08 bits per heavy atom. The van der Waals surface area contributed by atoms with Crippen molar-refractivity contribution in [3.8, 4) is 5.88 Å². The summed E-state index contributed by atoms with van der Waals surface area (Å²) in [5.41, 5.74) is -0.00627. The maximum atomic E-state index is 13.2. The fourth-order valence-electron chi connectivity index (χ4n) is 3.55. The Labute approximate surface area is 151 Å². The van der Waals surface area contributed by atoms with Gasteiger partial charge in [-0.2, -0.15) is 0 Å². The molecule has 0 aromatic carbocycles. The van der Waals surface area contributed by atoms with Crippen LogP contribution in [0.1, 0.15) is 50.0 Å². The average Bonchev–Trinajstić information content (AvgIpc) is 3.31. The van der Waals surface area contributed by atoms with Gasteiger partial charge in [0.1, 0.15) is 0 Å². The van der Waals surface area contributed by atoms with Gasteiger partial charge in [0.25, 0.3) is 17.7 Å². The zero-order valence-electron chi connectivity index (χ0n) is 15.2. The molecule has 1 aromatic heterocycles.